The lowest BCUT2D eigenvalue weighted by atomic mass is 10.1. The molecule has 1 aromatic carbocycles. The highest BCUT2D eigenvalue weighted by molar-refractivity contribution is 5.54. The number of nitrogens with one attached hydrogen (secondary N) is 1. The van der Waals surface area contributed by atoms with Crippen molar-refractivity contribution in [3.63, 3.8) is 0 Å². The molecule has 4 rings (SSSR count). The number of halogens is 1. The third kappa shape index (κ3) is 4.33. The van der Waals surface area contributed by atoms with Crippen LogP contribution in [0.5, 0.6) is 0 Å². The first-order chi connectivity index (χ1) is 13.3. The van der Waals surface area contributed by atoms with Crippen LogP contribution >= 0.6 is 0 Å². The van der Waals surface area contributed by atoms with E-state index in [0.717, 1.165) is 22.5 Å². The summed E-state index contributed by atoms with van der Waals surface area (Å²) in [5.41, 5.74) is 2.72. The first-order valence-electron chi connectivity index (χ1n) is 8.42. The van der Waals surface area contributed by atoms with Crippen molar-refractivity contribution in [1.29, 1.82) is 0 Å². The summed E-state index contributed by atoms with van der Waals surface area (Å²) in [6, 6.07) is 13.9. The molecule has 1 N–H and O–H groups in total. The number of aromatic nitrogens is 4. The second-order valence-corrected chi connectivity index (χ2v) is 5.97. The van der Waals surface area contributed by atoms with E-state index in [2.05, 4.69) is 25.4 Å². The van der Waals surface area contributed by atoms with Crippen molar-refractivity contribution in [2.24, 2.45) is 0 Å². The molecule has 0 unspecified atom stereocenters. The molecule has 0 bridgehead atoms. The third-order valence-corrected chi connectivity index (χ3v) is 3.95. The molecule has 0 amide bonds. The van der Waals surface area contributed by atoms with Gasteiger partial charge in [0, 0.05) is 31.6 Å². The Morgan fingerprint density at radius 3 is 2.59 bits per heavy atom. The SMILES string of the molecule is Fc1ccc(Cc2noc(-c3ccc(NCc4cccnc4)nc3)n2)cc1. The minimum Gasteiger partial charge on any atom is -0.366 e. The number of benzene rings is 1. The Morgan fingerprint density at radius 1 is 0.963 bits per heavy atom. The molecule has 0 aliphatic heterocycles. The Labute approximate surface area is 155 Å². The van der Waals surface area contributed by atoms with E-state index in [1.807, 2.05) is 30.5 Å². The Bertz CT molecular complexity index is 1000. The van der Waals surface area contributed by atoms with Gasteiger partial charge >= 0.3 is 0 Å². The molecule has 0 radical (unpaired) electrons. The summed E-state index contributed by atoms with van der Waals surface area (Å²) in [5, 5.41) is 7.21. The molecule has 0 atom stereocenters. The summed E-state index contributed by atoms with van der Waals surface area (Å²) in [5.74, 6) is 1.42. The van der Waals surface area contributed by atoms with Gasteiger partial charge in [-0.05, 0) is 41.5 Å². The van der Waals surface area contributed by atoms with Crippen LogP contribution in [0.1, 0.15) is 17.0 Å². The average molecular weight is 361 g/mol. The third-order valence-electron chi connectivity index (χ3n) is 3.95. The highest BCUT2D eigenvalue weighted by Gasteiger charge is 2.10. The Kier molecular flexibility index (Phi) is 4.82. The fourth-order valence-electron chi connectivity index (χ4n) is 2.55. The van der Waals surface area contributed by atoms with Crippen LogP contribution in [0.3, 0.4) is 0 Å². The summed E-state index contributed by atoms with van der Waals surface area (Å²) in [6.07, 6.45) is 5.70. The van der Waals surface area contributed by atoms with E-state index in [1.54, 1.807) is 24.5 Å². The number of nitrogens with zero attached hydrogens (tertiary/aromatic N) is 4. The van der Waals surface area contributed by atoms with Gasteiger partial charge in [0.15, 0.2) is 5.82 Å². The molecule has 7 heteroatoms. The molecule has 0 aliphatic carbocycles. The van der Waals surface area contributed by atoms with E-state index in [1.165, 1.54) is 12.1 Å². The Morgan fingerprint density at radius 2 is 1.85 bits per heavy atom. The van der Waals surface area contributed by atoms with Crippen LogP contribution in [0, 0.1) is 5.82 Å². The normalized spacial score (nSPS) is 10.7. The summed E-state index contributed by atoms with van der Waals surface area (Å²) in [6.45, 7) is 0.641. The van der Waals surface area contributed by atoms with Crippen molar-refractivity contribution in [1.82, 2.24) is 20.1 Å². The van der Waals surface area contributed by atoms with Gasteiger partial charge in [-0.3, -0.25) is 4.98 Å². The zero-order valence-corrected chi connectivity index (χ0v) is 14.3. The number of rotatable bonds is 6. The number of pyridine rings is 2. The van der Waals surface area contributed by atoms with Crippen molar-refractivity contribution in [3.8, 4) is 11.5 Å². The van der Waals surface area contributed by atoms with E-state index in [4.69, 9.17) is 4.52 Å². The van der Waals surface area contributed by atoms with Crippen molar-refractivity contribution in [2.75, 3.05) is 5.32 Å². The van der Waals surface area contributed by atoms with Gasteiger partial charge in [-0.25, -0.2) is 9.37 Å². The van der Waals surface area contributed by atoms with Gasteiger partial charge in [-0.15, -0.1) is 0 Å². The Balaban J connectivity index is 1.40. The zero-order chi connectivity index (χ0) is 18.5. The van der Waals surface area contributed by atoms with Crippen LogP contribution < -0.4 is 5.32 Å². The maximum Gasteiger partial charge on any atom is 0.259 e. The zero-order valence-electron chi connectivity index (χ0n) is 14.3. The van der Waals surface area contributed by atoms with Gasteiger partial charge < -0.3 is 9.84 Å². The van der Waals surface area contributed by atoms with E-state index < -0.39 is 0 Å². The predicted molar refractivity (Wildman–Crippen MR) is 98.3 cm³/mol. The van der Waals surface area contributed by atoms with E-state index in [9.17, 15) is 4.39 Å². The number of anilines is 1. The smallest absolute Gasteiger partial charge is 0.259 e. The molecular weight excluding hydrogens is 345 g/mol. The van der Waals surface area contributed by atoms with Crippen LogP contribution in [0.2, 0.25) is 0 Å². The van der Waals surface area contributed by atoms with Gasteiger partial charge in [0.25, 0.3) is 5.89 Å². The van der Waals surface area contributed by atoms with Crippen molar-refractivity contribution in [3.05, 3.63) is 89.9 Å². The lowest BCUT2D eigenvalue weighted by Crippen LogP contribution is -2.01. The minimum atomic E-state index is -0.268. The molecule has 6 nitrogen and oxygen atoms in total. The van der Waals surface area contributed by atoms with E-state index in [-0.39, 0.29) is 5.82 Å². The lowest BCUT2D eigenvalue weighted by Gasteiger charge is -2.05. The second kappa shape index (κ2) is 7.74. The quantitative estimate of drug-likeness (QED) is 0.562. The fraction of sp³-hybridized carbons (Fsp3) is 0.100. The lowest BCUT2D eigenvalue weighted by molar-refractivity contribution is 0.424. The van der Waals surface area contributed by atoms with Crippen LogP contribution in [-0.4, -0.2) is 20.1 Å². The van der Waals surface area contributed by atoms with Gasteiger partial charge in [0.05, 0.1) is 5.56 Å². The van der Waals surface area contributed by atoms with Crippen LogP contribution in [0.4, 0.5) is 10.2 Å². The molecule has 134 valence electrons. The summed E-state index contributed by atoms with van der Waals surface area (Å²) < 4.78 is 18.3. The van der Waals surface area contributed by atoms with Crippen molar-refractivity contribution >= 4 is 5.82 Å². The van der Waals surface area contributed by atoms with Crippen LogP contribution in [0.15, 0.2) is 71.6 Å². The first-order valence-corrected chi connectivity index (χ1v) is 8.42. The van der Waals surface area contributed by atoms with Gasteiger partial charge in [-0.2, -0.15) is 4.98 Å². The summed E-state index contributed by atoms with van der Waals surface area (Å²) in [4.78, 5) is 12.8. The van der Waals surface area contributed by atoms with Crippen LogP contribution in [-0.2, 0) is 13.0 Å². The van der Waals surface area contributed by atoms with E-state index in [0.29, 0.717) is 24.7 Å². The molecule has 4 aromatic rings. The molecule has 0 saturated heterocycles. The van der Waals surface area contributed by atoms with Crippen molar-refractivity contribution < 1.29 is 8.91 Å². The standard InChI is InChI=1S/C20H16FN5O/c21-17-6-3-14(4-7-17)10-19-25-20(27-26-19)16-5-8-18(24-13-16)23-12-15-2-1-9-22-11-15/h1-9,11,13H,10,12H2,(H,23,24). The molecule has 0 saturated carbocycles. The van der Waals surface area contributed by atoms with Gasteiger partial charge in [0.2, 0.25) is 0 Å². The topological polar surface area (TPSA) is 76.7 Å². The minimum absolute atomic E-state index is 0.268. The molecular formula is C20H16FN5O. The fourth-order valence-corrected chi connectivity index (χ4v) is 2.55. The van der Waals surface area contributed by atoms with Gasteiger partial charge in [-0.1, -0.05) is 23.4 Å². The molecule has 0 aliphatic rings. The Hall–Kier alpha value is -3.61. The average Bonchev–Trinajstić information content (AvgIpc) is 3.18. The largest absolute Gasteiger partial charge is 0.366 e. The maximum absolute atomic E-state index is 13.0. The first kappa shape index (κ1) is 16.8. The molecule has 0 spiro atoms. The highest BCUT2D eigenvalue weighted by atomic mass is 19.1. The summed E-state index contributed by atoms with van der Waals surface area (Å²) >= 11 is 0. The number of hydrogen-bond donors (Lipinski definition) is 1. The summed E-state index contributed by atoms with van der Waals surface area (Å²) in [7, 11) is 0. The maximum atomic E-state index is 13.0. The molecule has 3 aromatic heterocycles. The number of hydrogen-bond acceptors (Lipinski definition) is 6. The second-order valence-electron chi connectivity index (χ2n) is 5.97. The van der Waals surface area contributed by atoms with Crippen molar-refractivity contribution in [2.45, 2.75) is 13.0 Å². The highest BCUT2D eigenvalue weighted by Crippen LogP contribution is 2.19. The predicted octanol–water partition coefficient (Wildman–Crippen LogP) is 3.87. The van der Waals surface area contributed by atoms with Crippen LogP contribution in [0.25, 0.3) is 11.5 Å². The molecule has 0 fully saturated rings. The molecule has 27 heavy (non-hydrogen) atoms. The van der Waals surface area contributed by atoms with E-state index >= 15 is 0 Å². The van der Waals surface area contributed by atoms with Gasteiger partial charge in [0.1, 0.15) is 11.6 Å². The molecule has 3 heterocycles. The monoisotopic (exact) mass is 361 g/mol.